The van der Waals surface area contributed by atoms with E-state index in [0.29, 0.717) is 5.70 Å². The van der Waals surface area contributed by atoms with Crippen molar-refractivity contribution in [2.24, 2.45) is 5.92 Å². The Labute approximate surface area is 197 Å². The number of rotatable bonds is 3. The maximum absolute atomic E-state index is 13.9. The van der Waals surface area contributed by atoms with Gasteiger partial charge >= 0.3 is 6.09 Å². The zero-order valence-corrected chi connectivity index (χ0v) is 20.3. The van der Waals surface area contributed by atoms with Crippen molar-refractivity contribution in [2.75, 3.05) is 20.1 Å². The first-order valence-electron chi connectivity index (χ1n) is 12.2. The summed E-state index contributed by atoms with van der Waals surface area (Å²) in [6, 6.07) is 8.21. The molecule has 2 aliphatic heterocycles. The van der Waals surface area contributed by atoms with E-state index in [1.54, 1.807) is 11.0 Å². The summed E-state index contributed by atoms with van der Waals surface area (Å²) >= 11 is 0. The van der Waals surface area contributed by atoms with Crippen LogP contribution in [0.15, 0.2) is 48.2 Å². The molecule has 4 rings (SSSR count). The molecule has 1 fully saturated rings. The number of nitrogens with zero attached hydrogens (tertiary/aromatic N) is 2. The van der Waals surface area contributed by atoms with Crippen molar-refractivity contribution in [3.05, 3.63) is 59.3 Å². The molecular weight excluding hydrogens is 414 g/mol. The first-order valence-corrected chi connectivity index (χ1v) is 12.2. The average Bonchev–Trinajstić information content (AvgIpc) is 2.81. The van der Waals surface area contributed by atoms with E-state index in [-0.39, 0.29) is 23.9 Å². The molecule has 0 saturated carbocycles. The number of piperidine rings is 1. The highest BCUT2D eigenvalue weighted by atomic mass is 16.6. The SMILES string of the molecule is CN(C(=O)C1=CC=CC(C2CCNCC2)N1C(=O)OC(C)(C)C)C1CCCc2ccccc21. The number of fused-ring (bicyclic) bond motifs is 1. The van der Waals surface area contributed by atoms with E-state index in [0.717, 1.165) is 45.2 Å². The molecule has 2 heterocycles. The van der Waals surface area contributed by atoms with E-state index in [1.807, 2.05) is 50.9 Å². The minimum absolute atomic E-state index is 0.00655. The van der Waals surface area contributed by atoms with Gasteiger partial charge in [-0.1, -0.05) is 36.4 Å². The van der Waals surface area contributed by atoms with Gasteiger partial charge in [-0.3, -0.25) is 9.69 Å². The Morgan fingerprint density at radius 1 is 1.12 bits per heavy atom. The van der Waals surface area contributed by atoms with E-state index < -0.39 is 11.7 Å². The Morgan fingerprint density at radius 3 is 2.58 bits per heavy atom. The van der Waals surface area contributed by atoms with Gasteiger partial charge in [-0.2, -0.15) is 0 Å². The van der Waals surface area contributed by atoms with Gasteiger partial charge in [0.1, 0.15) is 11.3 Å². The largest absolute Gasteiger partial charge is 0.443 e. The number of amides is 2. The van der Waals surface area contributed by atoms with E-state index in [9.17, 15) is 9.59 Å². The quantitative estimate of drug-likeness (QED) is 0.731. The lowest BCUT2D eigenvalue weighted by molar-refractivity contribution is -0.130. The Kier molecular flexibility index (Phi) is 6.94. The van der Waals surface area contributed by atoms with Gasteiger partial charge in [0.05, 0.1) is 12.1 Å². The molecule has 6 heteroatoms. The number of carbonyl (C=O) groups excluding carboxylic acids is 2. The molecule has 1 aromatic carbocycles. The smallest absolute Gasteiger partial charge is 0.415 e. The second kappa shape index (κ2) is 9.72. The molecule has 0 radical (unpaired) electrons. The Balaban J connectivity index is 1.63. The molecule has 0 bridgehead atoms. The topological polar surface area (TPSA) is 61.9 Å². The number of ether oxygens (including phenoxy) is 1. The second-order valence-electron chi connectivity index (χ2n) is 10.4. The van der Waals surface area contributed by atoms with Crippen LogP contribution in [0.2, 0.25) is 0 Å². The van der Waals surface area contributed by atoms with Crippen molar-refractivity contribution in [3.63, 3.8) is 0 Å². The molecule has 178 valence electrons. The van der Waals surface area contributed by atoms with Crippen LogP contribution in [0.1, 0.15) is 63.6 Å². The monoisotopic (exact) mass is 451 g/mol. The first kappa shape index (κ1) is 23.6. The molecule has 1 aliphatic carbocycles. The standard InChI is InChI=1S/C27H37N3O3/c1-27(2,3)33-26(32)30-22(20-15-17-28-18-16-20)12-8-14-24(30)25(31)29(4)23-13-7-10-19-9-5-6-11-21(19)23/h5-6,8-9,11-12,14,20,22-23,28H,7,10,13,15-18H2,1-4H3. The van der Waals surface area contributed by atoms with Gasteiger partial charge in [0, 0.05) is 7.05 Å². The maximum Gasteiger partial charge on any atom is 0.415 e. The van der Waals surface area contributed by atoms with Gasteiger partial charge in [-0.15, -0.1) is 0 Å². The van der Waals surface area contributed by atoms with E-state index in [1.165, 1.54) is 11.1 Å². The normalized spacial score (nSPS) is 23.5. The number of carbonyl (C=O) groups is 2. The molecular formula is C27H37N3O3. The van der Waals surface area contributed by atoms with Crippen LogP contribution in [-0.4, -0.2) is 53.6 Å². The predicted molar refractivity (Wildman–Crippen MR) is 130 cm³/mol. The maximum atomic E-state index is 13.9. The van der Waals surface area contributed by atoms with Crippen molar-refractivity contribution in [2.45, 2.75) is 70.6 Å². The number of hydrogen-bond acceptors (Lipinski definition) is 4. The van der Waals surface area contributed by atoms with Crippen LogP contribution < -0.4 is 5.32 Å². The number of aryl methyl sites for hydroxylation is 1. The molecule has 1 saturated heterocycles. The van der Waals surface area contributed by atoms with Crippen LogP contribution >= 0.6 is 0 Å². The summed E-state index contributed by atoms with van der Waals surface area (Å²) in [6.45, 7) is 7.42. The van der Waals surface area contributed by atoms with Crippen LogP contribution in [0.25, 0.3) is 0 Å². The summed E-state index contributed by atoms with van der Waals surface area (Å²) in [5.74, 6) is 0.151. The Hall–Kier alpha value is -2.60. The van der Waals surface area contributed by atoms with Crippen molar-refractivity contribution in [1.82, 2.24) is 15.1 Å². The fraction of sp³-hybridized carbons (Fsp3) is 0.556. The number of hydrogen-bond donors (Lipinski definition) is 1. The molecule has 2 unspecified atom stereocenters. The van der Waals surface area contributed by atoms with Crippen LogP contribution in [0.5, 0.6) is 0 Å². The van der Waals surface area contributed by atoms with Crippen molar-refractivity contribution in [3.8, 4) is 0 Å². The van der Waals surface area contributed by atoms with Gasteiger partial charge in [-0.05, 0) is 89.1 Å². The molecule has 0 aromatic heterocycles. The summed E-state index contributed by atoms with van der Waals surface area (Å²) in [5, 5.41) is 3.39. The molecule has 1 N–H and O–H groups in total. The van der Waals surface area contributed by atoms with Crippen LogP contribution in [0.4, 0.5) is 4.79 Å². The molecule has 2 atom stereocenters. The van der Waals surface area contributed by atoms with Gasteiger partial charge in [-0.25, -0.2) is 4.79 Å². The van der Waals surface area contributed by atoms with E-state index in [2.05, 4.69) is 23.5 Å². The minimum atomic E-state index is -0.640. The molecule has 33 heavy (non-hydrogen) atoms. The lowest BCUT2D eigenvalue weighted by Crippen LogP contribution is -2.51. The zero-order chi connectivity index (χ0) is 23.6. The van der Waals surface area contributed by atoms with Crippen molar-refractivity contribution in [1.29, 1.82) is 0 Å². The lowest BCUT2D eigenvalue weighted by Gasteiger charge is -2.41. The third kappa shape index (κ3) is 5.16. The third-order valence-corrected chi connectivity index (χ3v) is 6.92. The first-order chi connectivity index (χ1) is 15.8. The summed E-state index contributed by atoms with van der Waals surface area (Å²) < 4.78 is 5.79. The average molecular weight is 452 g/mol. The molecule has 6 nitrogen and oxygen atoms in total. The van der Waals surface area contributed by atoms with Gasteiger partial charge < -0.3 is 15.0 Å². The molecule has 3 aliphatic rings. The second-order valence-corrected chi connectivity index (χ2v) is 10.4. The lowest BCUT2D eigenvalue weighted by atomic mass is 9.86. The molecule has 2 amide bonds. The van der Waals surface area contributed by atoms with Gasteiger partial charge in [0.2, 0.25) is 0 Å². The fourth-order valence-corrected chi connectivity index (χ4v) is 5.30. The van der Waals surface area contributed by atoms with Crippen molar-refractivity contribution < 1.29 is 14.3 Å². The summed E-state index contributed by atoms with van der Waals surface area (Å²) in [5.41, 5.74) is 2.29. The van der Waals surface area contributed by atoms with E-state index >= 15 is 0 Å². The summed E-state index contributed by atoms with van der Waals surface area (Å²) in [6.07, 6.45) is 10.2. The number of likely N-dealkylation sites (N-methyl/N-ethyl adjacent to an activating group) is 1. The fourth-order valence-electron chi connectivity index (χ4n) is 5.30. The number of nitrogens with one attached hydrogen (secondary N) is 1. The van der Waals surface area contributed by atoms with Crippen LogP contribution in [-0.2, 0) is 16.0 Å². The highest BCUT2D eigenvalue weighted by Crippen LogP contribution is 2.36. The Bertz CT molecular complexity index is 940. The Morgan fingerprint density at radius 2 is 1.85 bits per heavy atom. The van der Waals surface area contributed by atoms with Gasteiger partial charge in [0.15, 0.2) is 0 Å². The zero-order valence-electron chi connectivity index (χ0n) is 20.3. The minimum Gasteiger partial charge on any atom is -0.443 e. The molecule has 1 aromatic rings. The van der Waals surface area contributed by atoms with Crippen molar-refractivity contribution >= 4 is 12.0 Å². The van der Waals surface area contributed by atoms with Crippen LogP contribution in [0.3, 0.4) is 0 Å². The number of benzene rings is 1. The highest BCUT2D eigenvalue weighted by Gasteiger charge is 2.40. The predicted octanol–water partition coefficient (Wildman–Crippen LogP) is 4.58. The molecule has 0 spiro atoms. The van der Waals surface area contributed by atoms with Gasteiger partial charge in [0.25, 0.3) is 5.91 Å². The number of allylic oxidation sites excluding steroid dienone is 2. The van der Waals surface area contributed by atoms with E-state index in [4.69, 9.17) is 4.74 Å². The van der Waals surface area contributed by atoms with Crippen LogP contribution in [0, 0.1) is 5.92 Å². The highest BCUT2D eigenvalue weighted by molar-refractivity contribution is 5.97. The third-order valence-electron chi connectivity index (χ3n) is 6.92. The summed E-state index contributed by atoms with van der Waals surface area (Å²) in [4.78, 5) is 30.7. The summed E-state index contributed by atoms with van der Waals surface area (Å²) in [7, 11) is 1.86.